The van der Waals surface area contributed by atoms with E-state index in [2.05, 4.69) is 6.92 Å². The maximum absolute atomic E-state index is 14.2. The summed E-state index contributed by atoms with van der Waals surface area (Å²) < 4.78 is 33.3. The fourth-order valence-electron chi connectivity index (χ4n) is 2.94. The third kappa shape index (κ3) is 6.81. The molecule has 2 aromatic rings. The number of halogens is 2. The van der Waals surface area contributed by atoms with Gasteiger partial charge < -0.3 is 4.74 Å². The zero-order valence-corrected chi connectivity index (χ0v) is 16.7. The Morgan fingerprint density at radius 1 is 0.846 bits per heavy atom. The molecule has 0 unspecified atom stereocenters. The smallest absolute Gasteiger partial charge is 0.317 e. The molecule has 1 nitrogen and oxygen atoms in total. The second kappa shape index (κ2) is 10.8. The van der Waals surface area contributed by atoms with Crippen LogP contribution < -0.4 is 0 Å². The van der Waals surface area contributed by atoms with Crippen molar-refractivity contribution in [1.29, 1.82) is 0 Å². The molecular formula is C22H30F2OS. The van der Waals surface area contributed by atoms with Crippen molar-refractivity contribution < 1.29 is 13.5 Å². The summed E-state index contributed by atoms with van der Waals surface area (Å²) in [4.78, 5) is 2.31. The molecule has 0 radical (unpaired) electrons. The van der Waals surface area contributed by atoms with Gasteiger partial charge in [0.1, 0.15) is 0 Å². The van der Waals surface area contributed by atoms with Crippen LogP contribution >= 0.6 is 11.3 Å². The van der Waals surface area contributed by atoms with Gasteiger partial charge in [0.15, 0.2) is 0 Å². The van der Waals surface area contributed by atoms with Crippen LogP contribution in [-0.4, -0.2) is 6.61 Å². The van der Waals surface area contributed by atoms with Gasteiger partial charge >= 0.3 is 6.11 Å². The van der Waals surface area contributed by atoms with E-state index in [9.17, 15) is 8.78 Å². The van der Waals surface area contributed by atoms with E-state index < -0.39 is 6.11 Å². The number of hydrogen-bond donors (Lipinski definition) is 0. The van der Waals surface area contributed by atoms with E-state index >= 15 is 0 Å². The number of benzene rings is 1. The lowest BCUT2D eigenvalue weighted by molar-refractivity contribution is -0.249. The molecule has 0 saturated carbocycles. The van der Waals surface area contributed by atoms with Gasteiger partial charge in [-0.15, -0.1) is 11.3 Å². The Labute approximate surface area is 160 Å². The predicted molar refractivity (Wildman–Crippen MR) is 107 cm³/mol. The fraction of sp³-hybridized carbons (Fsp3) is 0.545. The van der Waals surface area contributed by atoms with Crippen molar-refractivity contribution in [3.63, 3.8) is 0 Å². The first-order chi connectivity index (χ1) is 12.5. The maximum atomic E-state index is 14.2. The minimum Gasteiger partial charge on any atom is -0.317 e. The number of hydrogen-bond acceptors (Lipinski definition) is 2. The van der Waals surface area contributed by atoms with Crippen LogP contribution in [0.3, 0.4) is 0 Å². The minimum atomic E-state index is -3.22. The van der Waals surface area contributed by atoms with E-state index in [1.165, 1.54) is 49.1 Å². The van der Waals surface area contributed by atoms with Crippen LogP contribution in [-0.2, 0) is 10.8 Å². The minimum absolute atomic E-state index is 0.0749. The molecule has 2 rings (SSSR count). The molecule has 0 bridgehead atoms. The molecule has 4 heteroatoms. The summed E-state index contributed by atoms with van der Waals surface area (Å²) >= 11 is 1.66. The van der Waals surface area contributed by atoms with Gasteiger partial charge in [0, 0.05) is 9.75 Å². The second-order valence-corrected chi connectivity index (χ2v) is 8.12. The van der Waals surface area contributed by atoms with E-state index in [1.54, 1.807) is 23.5 Å². The number of ether oxygens (including phenoxy) is 1. The normalized spacial score (nSPS) is 11.8. The van der Waals surface area contributed by atoms with Crippen molar-refractivity contribution >= 4 is 11.3 Å². The molecule has 0 aliphatic carbocycles. The highest BCUT2D eigenvalue weighted by atomic mass is 32.1. The van der Waals surface area contributed by atoms with Crippen LogP contribution in [0.2, 0.25) is 0 Å². The van der Waals surface area contributed by atoms with Crippen LogP contribution in [0.5, 0.6) is 0 Å². The van der Waals surface area contributed by atoms with Crippen molar-refractivity contribution in [2.45, 2.75) is 71.3 Å². The number of thiophene rings is 1. The summed E-state index contributed by atoms with van der Waals surface area (Å²) in [7, 11) is 0. The standard InChI is InChI=1S/C22H30F2OS/c1-3-4-5-6-7-8-9-10-17-25-22(23,24)20-14-12-19(13-15-20)21-16-11-18(2)26-21/h11-16H,3-10,17H2,1-2H3. The van der Waals surface area contributed by atoms with Crippen molar-refractivity contribution in [2.75, 3.05) is 6.61 Å². The van der Waals surface area contributed by atoms with Crippen LogP contribution in [0.25, 0.3) is 10.4 Å². The number of unbranched alkanes of at least 4 members (excludes halogenated alkanes) is 7. The highest BCUT2D eigenvalue weighted by molar-refractivity contribution is 7.15. The molecule has 0 saturated heterocycles. The number of aryl methyl sites for hydroxylation is 1. The Kier molecular flexibility index (Phi) is 8.73. The predicted octanol–water partition coefficient (Wildman–Crippen LogP) is 7.93. The maximum Gasteiger partial charge on any atom is 0.383 e. The van der Waals surface area contributed by atoms with Gasteiger partial charge in [0.05, 0.1) is 12.2 Å². The van der Waals surface area contributed by atoms with Gasteiger partial charge in [-0.05, 0) is 43.2 Å². The Morgan fingerprint density at radius 2 is 1.46 bits per heavy atom. The summed E-state index contributed by atoms with van der Waals surface area (Å²) in [6, 6.07) is 10.5. The Balaban J connectivity index is 1.72. The second-order valence-electron chi connectivity index (χ2n) is 6.83. The lowest BCUT2D eigenvalue weighted by Crippen LogP contribution is -2.18. The molecule has 0 amide bonds. The first kappa shape index (κ1) is 21.0. The average molecular weight is 381 g/mol. The Bertz CT molecular complexity index is 634. The summed E-state index contributed by atoms with van der Waals surface area (Å²) in [5, 5.41) is 0. The topological polar surface area (TPSA) is 9.23 Å². The SMILES string of the molecule is CCCCCCCCCCOC(F)(F)c1ccc(-c2ccc(C)s2)cc1. The molecular weight excluding hydrogens is 350 g/mol. The third-order valence-corrected chi connectivity index (χ3v) is 5.58. The first-order valence-corrected chi connectivity index (χ1v) is 10.5. The van der Waals surface area contributed by atoms with Crippen molar-refractivity contribution in [2.24, 2.45) is 0 Å². The molecule has 0 fully saturated rings. The van der Waals surface area contributed by atoms with Crippen LogP contribution in [0.15, 0.2) is 36.4 Å². The van der Waals surface area contributed by atoms with E-state index in [4.69, 9.17) is 4.74 Å². The van der Waals surface area contributed by atoms with Crippen LogP contribution in [0, 0.1) is 6.92 Å². The zero-order chi connectivity index (χ0) is 18.8. The highest BCUT2D eigenvalue weighted by Crippen LogP contribution is 2.33. The lowest BCUT2D eigenvalue weighted by atomic mass is 10.1. The van der Waals surface area contributed by atoms with Crippen molar-refractivity contribution in [1.82, 2.24) is 0 Å². The highest BCUT2D eigenvalue weighted by Gasteiger charge is 2.32. The summed E-state index contributed by atoms with van der Waals surface area (Å²) in [6.45, 7) is 4.34. The van der Waals surface area contributed by atoms with Gasteiger partial charge in [-0.25, -0.2) is 0 Å². The molecule has 1 aromatic carbocycles. The van der Waals surface area contributed by atoms with E-state index in [-0.39, 0.29) is 12.2 Å². The van der Waals surface area contributed by atoms with Crippen molar-refractivity contribution in [3.8, 4) is 10.4 Å². The molecule has 144 valence electrons. The number of alkyl halides is 2. The lowest BCUT2D eigenvalue weighted by Gasteiger charge is -2.17. The largest absolute Gasteiger partial charge is 0.383 e. The van der Waals surface area contributed by atoms with Gasteiger partial charge in [0.2, 0.25) is 0 Å². The monoisotopic (exact) mass is 380 g/mol. The molecule has 26 heavy (non-hydrogen) atoms. The van der Waals surface area contributed by atoms with E-state index in [0.717, 1.165) is 23.3 Å². The number of rotatable bonds is 12. The molecule has 0 spiro atoms. The Hall–Kier alpha value is -1.26. The van der Waals surface area contributed by atoms with Gasteiger partial charge in [0.25, 0.3) is 0 Å². The molecule has 0 aliphatic heterocycles. The molecule has 0 aliphatic rings. The molecule has 1 heterocycles. The van der Waals surface area contributed by atoms with Crippen molar-refractivity contribution in [3.05, 3.63) is 46.8 Å². The quantitative estimate of drug-likeness (QED) is 0.340. The summed E-state index contributed by atoms with van der Waals surface area (Å²) in [5.41, 5.74) is 0.889. The van der Waals surface area contributed by atoms with E-state index in [1.807, 2.05) is 19.1 Å². The first-order valence-electron chi connectivity index (χ1n) is 9.72. The van der Waals surface area contributed by atoms with Crippen LogP contribution in [0.1, 0.15) is 68.7 Å². The Morgan fingerprint density at radius 3 is 2.04 bits per heavy atom. The van der Waals surface area contributed by atoms with E-state index in [0.29, 0.717) is 6.42 Å². The molecule has 0 atom stereocenters. The summed E-state index contributed by atoms with van der Waals surface area (Å²) in [6.07, 6.45) is 5.80. The zero-order valence-electron chi connectivity index (χ0n) is 15.9. The van der Waals surface area contributed by atoms with Gasteiger partial charge in [-0.2, -0.15) is 8.78 Å². The molecule has 1 aromatic heterocycles. The average Bonchev–Trinajstić information content (AvgIpc) is 3.07. The fourth-order valence-corrected chi connectivity index (χ4v) is 3.81. The van der Waals surface area contributed by atoms with Gasteiger partial charge in [-0.1, -0.05) is 64.0 Å². The third-order valence-electron chi connectivity index (χ3n) is 4.53. The van der Waals surface area contributed by atoms with Gasteiger partial charge in [-0.3, -0.25) is 0 Å². The summed E-state index contributed by atoms with van der Waals surface area (Å²) in [5.74, 6) is 0. The van der Waals surface area contributed by atoms with Crippen LogP contribution in [0.4, 0.5) is 8.78 Å². The molecule has 0 N–H and O–H groups in total.